The highest BCUT2D eigenvalue weighted by Gasteiger charge is 2.32. The van der Waals surface area contributed by atoms with Gasteiger partial charge in [-0.1, -0.05) is 50.1 Å². The SMILES string of the molecule is C=C1CCN(c2ncc(C(F)(F)F)cn2)C/C1=C(/CCC)c1ccc(N/C(C)=C(/C)CC)c(C)c1Cl. The predicted octanol–water partition coefficient (Wildman–Crippen LogP) is 8.59. The smallest absolute Gasteiger partial charge is 0.359 e. The first-order chi connectivity index (χ1) is 17.0. The third-order valence-electron chi connectivity index (χ3n) is 6.78. The summed E-state index contributed by atoms with van der Waals surface area (Å²) in [5, 5.41) is 4.18. The second kappa shape index (κ2) is 11.5. The molecule has 3 rings (SSSR count). The summed E-state index contributed by atoms with van der Waals surface area (Å²) >= 11 is 6.94. The maximum Gasteiger partial charge on any atom is 0.419 e. The Morgan fingerprint density at radius 3 is 2.42 bits per heavy atom. The summed E-state index contributed by atoms with van der Waals surface area (Å²) in [6.45, 7) is 15.8. The van der Waals surface area contributed by atoms with E-state index in [9.17, 15) is 13.2 Å². The zero-order chi connectivity index (χ0) is 26.6. The highest BCUT2D eigenvalue weighted by Crippen LogP contribution is 2.39. The second-order valence-electron chi connectivity index (χ2n) is 9.24. The van der Waals surface area contributed by atoms with Crippen LogP contribution in [0.2, 0.25) is 5.02 Å². The molecule has 0 aliphatic carbocycles. The lowest BCUT2D eigenvalue weighted by Gasteiger charge is -2.32. The van der Waals surface area contributed by atoms with Crippen LogP contribution in [-0.2, 0) is 6.18 Å². The summed E-state index contributed by atoms with van der Waals surface area (Å²) in [5.74, 6) is 0.277. The quantitative estimate of drug-likeness (QED) is 0.398. The lowest BCUT2D eigenvalue weighted by atomic mass is 9.87. The van der Waals surface area contributed by atoms with Gasteiger partial charge in [-0.2, -0.15) is 13.2 Å². The van der Waals surface area contributed by atoms with E-state index in [0.29, 0.717) is 24.5 Å². The molecule has 2 heterocycles. The van der Waals surface area contributed by atoms with Crippen molar-refractivity contribution >= 4 is 28.8 Å². The molecule has 0 bridgehead atoms. The Bertz CT molecular complexity index is 1180. The largest absolute Gasteiger partial charge is 0.419 e. The normalized spacial score (nSPS) is 16.7. The van der Waals surface area contributed by atoms with Crippen molar-refractivity contribution < 1.29 is 13.2 Å². The molecule has 1 N–H and O–H groups in total. The molecule has 0 spiro atoms. The summed E-state index contributed by atoms with van der Waals surface area (Å²) < 4.78 is 38.8. The number of benzene rings is 1. The van der Waals surface area contributed by atoms with Crippen LogP contribution in [0.4, 0.5) is 24.8 Å². The molecule has 1 fully saturated rings. The van der Waals surface area contributed by atoms with Crippen molar-refractivity contribution in [3.8, 4) is 0 Å². The molecule has 0 radical (unpaired) electrons. The van der Waals surface area contributed by atoms with E-state index in [2.05, 4.69) is 55.6 Å². The standard InChI is InChI=1S/C28H34ClF3N4/c1-7-9-22(23-10-11-25(19(5)26(23)29)35-20(6)17(3)8-2)24-16-36(13-12-18(24)4)27-33-14-21(15-34-27)28(30,31)32/h10-11,14-15,35H,4,7-9,12-13,16H2,1-3,5-6H3/b20-17-,24-22+. The van der Waals surface area contributed by atoms with Gasteiger partial charge in [0.15, 0.2) is 0 Å². The fraction of sp³-hybridized carbons (Fsp3) is 0.429. The summed E-state index contributed by atoms with van der Waals surface area (Å²) in [6.07, 6.45) is 0.565. The maximum atomic E-state index is 12.9. The monoisotopic (exact) mass is 518 g/mol. The lowest BCUT2D eigenvalue weighted by Crippen LogP contribution is -2.34. The Labute approximate surface area is 217 Å². The van der Waals surface area contributed by atoms with E-state index in [0.717, 1.165) is 70.9 Å². The van der Waals surface area contributed by atoms with Gasteiger partial charge in [-0.05, 0) is 73.9 Å². The average molecular weight is 519 g/mol. The Morgan fingerprint density at radius 1 is 1.17 bits per heavy atom. The van der Waals surface area contributed by atoms with Crippen LogP contribution in [0.3, 0.4) is 0 Å². The molecule has 1 aromatic heterocycles. The van der Waals surface area contributed by atoms with Gasteiger partial charge in [0, 0.05) is 36.9 Å². The molecule has 0 atom stereocenters. The summed E-state index contributed by atoms with van der Waals surface area (Å²) in [4.78, 5) is 9.91. The van der Waals surface area contributed by atoms with Gasteiger partial charge >= 0.3 is 6.18 Å². The lowest BCUT2D eigenvalue weighted by molar-refractivity contribution is -0.138. The summed E-state index contributed by atoms with van der Waals surface area (Å²) in [5.41, 5.74) is 7.61. The van der Waals surface area contributed by atoms with Crippen LogP contribution in [0, 0.1) is 6.92 Å². The van der Waals surface area contributed by atoms with Crippen LogP contribution in [0.15, 0.2) is 53.5 Å². The van der Waals surface area contributed by atoms with E-state index in [-0.39, 0.29) is 5.95 Å². The van der Waals surface area contributed by atoms with Crippen LogP contribution in [0.5, 0.6) is 0 Å². The highest BCUT2D eigenvalue weighted by molar-refractivity contribution is 6.33. The molecule has 36 heavy (non-hydrogen) atoms. The minimum atomic E-state index is -4.47. The van der Waals surface area contributed by atoms with Crippen molar-refractivity contribution in [2.75, 3.05) is 23.3 Å². The summed E-state index contributed by atoms with van der Waals surface area (Å²) in [7, 11) is 0. The number of hydrogen-bond acceptors (Lipinski definition) is 4. The van der Waals surface area contributed by atoms with Crippen molar-refractivity contribution in [1.29, 1.82) is 0 Å². The van der Waals surface area contributed by atoms with E-state index >= 15 is 0 Å². The highest BCUT2D eigenvalue weighted by atomic mass is 35.5. The molecule has 2 aromatic rings. The average Bonchev–Trinajstić information content (AvgIpc) is 2.85. The van der Waals surface area contributed by atoms with Crippen molar-refractivity contribution in [3.63, 3.8) is 0 Å². The molecule has 8 heteroatoms. The molecule has 0 amide bonds. The van der Waals surface area contributed by atoms with E-state index in [1.54, 1.807) is 0 Å². The number of nitrogens with zero attached hydrogens (tertiary/aromatic N) is 3. The molecule has 1 aromatic carbocycles. The van der Waals surface area contributed by atoms with E-state index < -0.39 is 11.7 Å². The minimum Gasteiger partial charge on any atom is -0.359 e. The number of allylic oxidation sites excluding steroid dienone is 3. The van der Waals surface area contributed by atoms with E-state index in [4.69, 9.17) is 11.6 Å². The molecule has 4 nitrogen and oxygen atoms in total. The fourth-order valence-corrected chi connectivity index (χ4v) is 4.52. The van der Waals surface area contributed by atoms with Crippen LogP contribution >= 0.6 is 11.6 Å². The van der Waals surface area contributed by atoms with Crippen LogP contribution < -0.4 is 10.2 Å². The van der Waals surface area contributed by atoms with Crippen molar-refractivity contribution in [2.24, 2.45) is 0 Å². The number of piperidine rings is 1. The van der Waals surface area contributed by atoms with Crippen molar-refractivity contribution in [2.45, 2.75) is 66.5 Å². The number of alkyl halides is 3. The summed E-state index contributed by atoms with van der Waals surface area (Å²) in [6, 6.07) is 4.10. The van der Waals surface area contributed by atoms with Crippen LogP contribution in [-0.4, -0.2) is 23.1 Å². The third kappa shape index (κ3) is 6.12. The number of halogens is 4. The molecular weight excluding hydrogens is 485 g/mol. The number of aromatic nitrogens is 2. The number of nitrogens with one attached hydrogen (secondary N) is 1. The van der Waals surface area contributed by atoms with E-state index in [1.807, 2.05) is 17.9 Å². The molecule has 194 valence electrons. The Morgan fingerprint density at radius 2 is 1.83 bits per heavy atom. The molecule has 1 saturated heterocycles. The number of hydrogen-bond donors (Lipinski definition) is 1. The van der Waals surface area contributed by atoms with Gasteiger partial charge in [0.2, 0.25) is 5.95 Å². The van der Waals surface area contributed by atoms with Gasteiger partial charge in [-0.3, -0.25) is 0 Å². The van der Waals surface area contributed by atoms with E-state index in [1.165, 1.54) is 5.57 Å². The third-order valence-corrected chi connectivity index (χ3v) is 7.26. The molecule has 1 aliphatic heterocycles. The van der Waals surface area contributed by atoms with Gasteiger partial charge in [0.1, 0.15) is 0 Å². The van der Waals surface area contributed by atoms with Crippen LogP contribution in [0.1, 0.15) is 70.1 Å². The Balaban J connectivity index is 1.99. The molecule has 0 unspecified atom stereocenters. The van der Waals surface area contributed by atoms with Gasteiger partial charge in [0.25, 0.3) is 0 Å². The second-order valence-corrected chi connectivity index (χ2v) is 9.61. The Hall–Kier alpha value is -2.80. The predicted molar refractivity (Wildman–Crippen MR) is 143 cm³/mol. The molecule has 1 aliphatic rings. The maximum absolute atomic E-state index is 12.9. The van der Waals surface area contributed by atoms with Crippen molar-refractivity contribution in [1.82, 2.24) is 9.97 Å². The molecular formula is C28H34ClF3N4. The molecule has 0 saturated carbocycles. The zero-order valence-corrected chi connectivity index (χ0v) is 22.4. The number of rotatable bonds is 7. The van der Waals surface area contributed by atoms with Gasteiger partial charge in [0.05, 0.1) is 10.6 Å². The fourth-order valence-electron chi connectivity index (χ4n) is 4.24. The van der Waals surface area contributed by atoms with Gasteiger partial charge in [-0.15, -0.1) is 0 Å². The van der Waals surface area contributed by atoms with Gasteiger partial charge < -0.3 is 10.2 Å². The first-order valence-electron chi connectivity index (χ1n) is 12.2. The Kier molecular flexibility index (Phi) is 8.88. The zero-order valence-electron chi connectivity index (χ0n) is 21.6. The first-order valence-corrected chi connectivity index (χ1v) is 12.6. The topological polar surface area (TPSA) is 41.1 Å². The van der Waals surface area contributed by atoms with Crippen molar-refractivity contribution in [3.05, 3.63) is 75.2 Å². The first kappa shape index (κ1) is 27.8. The minimum absolute atomic E-state index is 0.277. The van der Waals surface area contributed by atoms with Gasteiger partial charge in [-0.25, -0.2) is 9.97 Å². The van der Waals surface area contributed by atoms with Crippen LogP contribution in [0.25, 0.3) is 5.57 Å². The number of anilines is 2.